The fourth-order valence-corrected chi connectivity index (χ4v) is 2.97. The van der Waals surface area contributed by atoms with E-state index in [9.17, 15) is 4.79 Å². The zero-order valence-electron chi connectivity index (χ0n) is 15.6. The monoisotopic (exact) mass is 369 g/mol. The predicted octanol–water partition coefficient (Wildman–Crippen LogP) is 4.64. The second-order valence-corrected chi connectivity index (χ2v) is 6.50. The number of hydrogen-bond acceptors (Lipinski definition) is 5. The lowest BCUT2D eigenvalue weighted by Gasteiger charge is -2.11. The molecule has 2 heterocycles. The molecule has 28 heavy (non-hydrogen) atoms. The molecule has 6 nitrogen and oxygen atoms in total. The van der Waals surface area contributed by atoms with Crippen molar-refractivity contribution in [2.45, 2.75) is 13.8 Å². The van der Waals surface area contributed by atoms with Gasteiger partial charge in [-0.1, -0.05) is 30.3 Å². The van der Waals surface area contributed by atoms with Crippen LogP contribution in [0.4, 0.5) is 17.2 Å². The zero-order valence-corrected chi connectivity index (χ0v) is 15.6. The number of pyridine rings is 1. The molecule has 0 unspecified atom stereocenters. The molecule has 0 radical (unpaired) electrons. The molecule has 2 aromatic heterocycles. The second-order valence-electron chi connectivity index (χ2n) is 6.50. The number of benzene rings is 2. The normalized spacial score (nSPS) is 10.6. The Bertz CT molecular complexity index is 1170. The molecule has 4 rings (SSSR count). The smallest absolute Gasteiger partial charge is 0.274 e. The summed E-state index contributed by atoms with van der Waals surface area (Å²) in [6, 6.07) is 17.1. The van der Waals surface area contributed by atoms with E-state index in [2.05, 4.69) is 38.6 Å². The fraction of sp³-hybridized carbons (Fsp3) is 0.0909. The number of rotatable bonds is 4. The Morgan fingerprint density at radius 3 is 2.57 bits per heavy atom. The van der Waals surface area contributed by atoms with E-state index >= 15 is 0 Å². The van der Waals surface area contributed by atoms with E-state index < -0.39 is 0 Å². The van der Waals surface area contributed by atoms with Crippen LogP contribution in [-0.4, -0.2) is 20.9 Å². The summed E-state index contributed by atoms with van der Waals surface area (Å²) in [5.74, 6) is 0.245. The topological polar surface area (TPSA) is 79.8 Å². The highest BCUT2D eigenvalue weighted by molar-refractivity contribution is 6.07. The van der Waals surface area contributed by atoms with Gasteiger partial charge < -0.3 is 10.6 Å². The van der Waals surface area contributed by atoms with Gasteiger partial charge in [-0.3, -0.25) is 9.78 Å². The third kappa shape index (κ3) is 3.53. The average molecular weight is 369 g/mol. The molecule has 6 heteroatoms. The van der Waals surface area contributed by atoms with Gasteiger partial charge in [0.1, 0.15) is 17.8 Å². The molecule has 0 aliphatic carbocycles. The second kappa shape index (κ2) is 7.44. The highest BCUT2D eigenvalue weighted by Crippen LogP contribution is 2.23. The number of anilines is 3. The highest BCUT2D eigenvalue weighted by Gasteiger charge is 2.12. The number of hydrogen-bond donors (Lipinski definition) is 2. The first-order chi connectivity index (χ1) is 13.6. The maximum atomic E-state index is 12.7. The van der Waals surface area contributed by atoms with Gasteiger partial charge in [0.15, 0.2) is 0 Å². The number of aryl methyl sites for hydroxylation is 1. The van der Waals surface area contributed by atoms with Crippen molar-refractivity contribution in [1.82, 2.24) is 15.0 Å². The standard InChI is InChI=1S/C22H19N5O/c1-14-6-3-9-17(15(14)2)26-20-12-19(24-13-25-20)22(28)27-18-10-4-7-16-8-5-11-23-21(16)18/h3-13H,1-2H3,(H,27,28)(H,24,25,26). The molecule has 0 aliphatic rings. The lowest BCUT2D eigenvalue weighted by atomic mass is 10.1. The third-order valence-electron chi connectivity index (χ3n) is 4.65. The number of para-hydroxylation sites is 1. The first-order valence-corrected chi connectivity index (χ1v) is 8.92. The average Bonchev–Trinajstić information content (AvgIpc) is 2.72. The number of carbonyl (C=O) groups is 1. The maximum Gasteiger partial charge on any atom is 0.274 e. The minimum absolute atomic E-state index is 0.274. The molecule has 2 N–H and O–H groups in total. The van der Waals surface area contributed by atoms with Crippen LogP contribution in [-0.2, 0) is 0 Å². The minimum Gasteiger partial charge on any atom is -0.340 e. The number of fused-ring (bicyclic) bond motifs is 1. The van der Waals surface area contributed by atoms with Gasteiger partial charge in [0.25, 0.3) is 5.91 Å². The number of aromatic nitrogens is 3. The Balaban J connectivity index is 1.58. The lowest BCUT2D eigenvalue weighted by molar-refractivity contribution is 0.102. The van der Waals surface area contributed by atoms with Crippen LogP contribution in [0.2, 0.25) is 0 Å². The van der Waals surface area contributed by atoms with E-state index in [1.165, 1.54) is 11.9 Å². The van der Waals surface area contributed by atoms with Crippen LogP contribution in [0.25, 0.3) is 10.9 Å². The summed E-state index contributed by atoms with van der Waals surface area (Å²) in [5.41, 5.74) is 4.92. The van der Waals surface area contributed by atoms with Crippen LogP contribution >= 0.6 is 0 Å². The number of amides is 1. The van der Waals surface area contributed by atoms with Gasteiger partial charge in [-0.2, -0.15) is 0 Å². The summed E-state index contributed by atoms with van der Waals surface area (Å²) in [5, 5.41) is 7.11. The van der Waals surface area contributed by atoms with Crippen molar-refractivity contribution in [3.8, 4) is 0 Å². The Morgan fingerprint density at radius 1 is 0.893 bits per heavy atom. The van der Waals surface area contributed by atoms with Crippen molar-refractivity contribution in [2.24, 2.45) is 0 Å². The minimum atomic E-state index is -0.315. The van der Waals surface area contributed by atoms with Crippen molar-refractivity contribution in [3.05, 3.63) is 83.9 Å². The quantitative estimate of drug-likeness (QED) is 0.548. The predicted molar refractivity (Wildman–Crippen MR) is 111 cm³/mol. The van der Waals surface area contributed by atoms with Crippen molar-refractivity contribution in [3.63, 3.8) is 0 Å². The Labute approximate surface area is 162 Å². The molecule has 1 amide bonds. The van der Waals surface area contributed by atoms with Gasteiger partial charge >= 0.3 is 0 Å². The van der Waals surface area contributed by atoms with E-state index in [1.54, 1.807) is 12.3 Å². The molecule has 0 spiro atoms. The first-order valence-electron chi connectivity index (χ1n) is 8.92. The van der Waals surface area contributed by atoms with E-state index in [4.69, 9.17) is 0 Å². The number of carbonyl (C=O) groups excluding carboxylic acids is 1. The molecule has 4 aromatic rings. The van der Waals surface area contributed by atoms with Crippen LogP contribution < -0.4 is 10.6 Å². The van der Waals surface area contributed by atoms with Crippen LogP contribution in [0.15, 0.2) is 67.1 Å². The fourth-order valence-electron chi connectivity index (χ4n) is 2.97. The van der Waals surface area contributed by atoms with Gasteiger partial charge in [0, 0.05) is 23.3 Å². The number of nitrogens with zero attached hydrogens (tertiary/aromatic N) is 3. The Hall–Kier alpha value is -3.80. The van der Waals surface area contributed by atoms with Crippen LogP contribution in [0, 0.1) is 13.8 Å². The molecule has 0 aliphatic heterocycles. The molecule has 138 valence electrons. The van der Waals surface area contributed by atoms with Crippen LogP contribution in [0.1, 0.15) is 21.6 Å². The Kier molecular flexibility index (Phi) is 4.68. The van der Waals surface area contributed by atoms with Crippen LogP contribution in [0.3, 0.4) is 0 Å². The summed E-state index contributed by atoms with van der Waals surface area (Å²) >= 11 is 0. The zero-order chi connectivity index (χ0) is 19.5. The summed E-state index contributed by atoms with van der Waals surface area (Å²) in [7, 11) is 0. The largest absolute Gasteiger partial charge is 0.340 e. The van der Waals surface area contributed by atoms with E-state index in [1.807, 2.05) is 49.4 Å². The Morgan fingerprint density at radius 2 is 1.68 bits per heavy atom. The molecular weight excluding hydrogens is 350 g/mol. The summed E-state index contributed by atoms with van der Waals surface area (Å²) < 4.78 is 0. The van der Waals surface area contributed by atoms with Gasteiger partial charge in [-0.25, -0.2) is 9.97 Å². The van der Waals surface area contributed by atoms with Gasteiger partial charge in [0.2, 0.25) is 0 Å². The van der Waals surface area contributed by atoms with Gasteiger partial charge in [-0.15, -0.1) is 0 Å². The molecule has 0 atom stereocenters. The number of nitrogens with one attached hydrogen (secondary N) is 2. The SMILES string of the molecule is Cc1cccc(Nc2cc(C(=O)Nc3cccc4cccnc34)ncn2)c1C. The molecule has 2 aromatic carbocycles. The van der Waals surface area contributed by atoms with E-state index in [-0.39, 0.29) is 11.6 Å². The molecule has 0 saturated carbocycles. The maximum absolute atomic E-state index is 12.7. The summed E-state index contributed by atoms with van der Waals surface area (Å²) in [6.45, 7) is 4.09. The van der Waals surface area contributed by atoms with E-state index in [0.29, 0.717) is 11.5 Å². The highest BCUT2D eigenvalue weighted by atomic mass is 16.1. The molecule has 0 saturated heterocycles. The van der Waals surface area contributed by atoms with Gasteiger partial charge in [-0.05, 0) is 43.2 Å². The van der Waals surface area contributed by atoms with Crippen molar-refractivity contribution < 1.29 is 4.79 Å². The van der Waals surface area contributed by atoms with Crippen molar-refractivity contribution in [1.29, 1.82) is 0 Å². The molecular formula is C22H19N5O. The van der Waals surface area contributed by atoms with E-state index in [0.717, 1.165) is 22.2 Å². The summed E-state index contributed by atoms with van der Waals surface area (Å²) in [4.78, 5) is 25.4. The molecule has 0 fully saturated rings. The molecule has 0 bridgehead atoms. The lowest BCUT2D eigenvalue weighted by Crippen LogP contribution is -2.14. The van der Waals surface area contributed by atoms with Gasteiger partial charge in [0.05, 0.1) is 11.2 Å². The first kappa shape index (κ1) is 17.6. The van der Waals surface area contributed by atoms with Crippen molar-refractivity contribution in [2.75, 3.05) is 10.6 Å². The van der Waals surface area contributed by atoms with Crippen LogP contribution in [0.5, 0.6) is 0 Å². The third-order valence-corrected chi connectivity index (χ3v) is 4.65. The van der Waals surface area contributed by atoms with Crippen molar-refractivity contribution >= 4 is 34.0 Å². The summed E-state index contributed by atoms with van der Waals surface area (Å²) in [6.07, 6.45) is 3.08.